The summed E-state index contributed by atoms with van der Waals surface area (Å²) < 4.78 is 56.1. The molecule has 0 heterocycles. The van der Waals surface area contributed by atoms with Crippen LogP contribution in [0.25, 0.3) is 0 Å². The summed E-state index contributed by atoms with van der Waals surface area (Å²) in [6, 6.07) is 0. The molecule has 0 radical (unpaired) electrons. The SMILES string of the molecule is CC(=O)Oc1c(F)c(F)c(C(=O)[O-])c(F)c1F. The summed E-state index contributed by atoms with van der Waals surface area (Å²) in [5, 5.41) is 10.2. The molecule has 1 aromatic rings. The van der Waals surface area contributed by atoms with Gasteiger partial charge in [-0.3, -0.25) is 4.79 Å². The van der Waals surface area contributed by atoms with Crippen LogP contribution in [-0.2, 0) is 4.79 Å². The Kier molecular flexibility index (Phi) is 3.35. The predicted molar refractivity (Wildman–Crippen MR) is 41.9 cm³/mol. The van der Waals surface area contributed by atoms with E-state index in [0.29, 0.717) is 0 Å². The van der Waals surface area contributed by atoms with Crippen LogP contribution in [0.3, 0.4) is 0 Å². The van der Waals surface area contributed by atoms with Gasteiger partial charge in [0.1, 0.15) is 0 Å². The summed E-state index contributed by atoms with van der Waals surface area (Å²) in [4.78, 5) is 20.7. The Morgan fingerprint density at radius 2 is 1.41 bits per heavy atom. The van der Waals surface area contributed by atoms with Crippen molar-refractivity contribution in [1.82, 2.24) is 0 Å². The van der Waals surface area contributed by atoms with E-state index in [0.717, 1.165) is 6.92 Å². The lowest BCUT2D eigenvalue weighted by atomic mass is 10.1. The van der Waals surface area contributed by atoms with Crippen molar-refractivity contribution in [1.29, 1.82) is 0 Å². The maximum Gasteiger partial charge on any atom is 0.308 e. The Bertz CT molecular complexity index is 483. The van der Waals surface area contributed by atoms with Crippen molar-refractivity contribution in [3.8, 4) is 5.75 Å². The number of hydrogen-bond donors (Lipinski definition) is 0. The summed E-state index contributed by atoms with van der Waals surface area (Å²) in [6.45, 7) is 0.737. The van der Waals surface area contributed by atoms with E-state index in [1.165, 1.54) is 0 Å². The molecular formula is C9H3F4O4-. The zero-order valence-electron chi connectivity index (χ0n) is 8.14. The molecule has 0 amide bonds. The number of carbonyl (C=O) groups excluding carboxylic acids is 2. The van der Waals surface area contributed by atoms with Crippen molar-refractivity contribution >= 4 is 11.9 Å². The third-order valence-electron chi connectivity index (χ3n) is 1.67. The number of carbonyl (C=O) groups is 2. The molecule has 0 unspecified atom stereocenters. The third-order valence-corrected chi connectivity index (χ3v) is 1.67. The summed E-state index contributed by atoms with van der Waals surface area (Å²) in [6.07, 6.45) is 0. The summed E-state index contributed by atoms with van der Waals surface area (Å²) >= 11 is 0. The number of benzene rings is 1. The van der Waals surface area contributed by atoms with E-state index >= 15 is 0 Å². The molecule has 92 valence electrons. The van der Waals surface area contributed by atoms with E-state index in [1.54, 1.807) is 0 Å². The molecule has 0 aliphatic carbocycles. The second-order valence-electron chi connectivity index (χ2n) is 2.84. The zero-order chi connectivity index (χ0) is 13.3. The number of aromatic carboxylic acids is 1. The minimum absolute atomic E-state index is 0.737. The van der Waals surface area contributed by atoms with Gasteiger partial charge >= 0.3 is 5.97 Å². The molecular weight excluding hydrogens is 248 g/mol. The topological polar surface area (TPSA) is 66.4 Å². The number of esters is 1. The molecule has 0 aliphatic heterocycles. The molecule has 0 aliphatic rings. The van der Waals surface area contributed by atoms with Crippen LogP contribution in [0, 0.1) is 23.3 Å². The van der Waals surface area contributed by atoms with Gasteiger partial charge < -0.3 is 14.6 Å². The first kappa shape index (κ1) is 12.9. The van der Waals surface area contributed by atoms with Crippen molar-refractivity contribution in [2.75, 3.05) is 0 Å². The van der Waals surface area contributed by atoms with Crippen LogP contribution < -0.4 is 9.84 Å². The quantitative estimate of drug-likeness (QED) is 0.333. The fourth-order valence-corrected chi connectivity index (χ4v) is 1.02. The molecule has 1 aromatic carbocycles. The molecule has 0 N–H and O–H groups in total. The van der Waals surface area contributed by atoms with Crippen LogP contribution in [-0.4, -0.2) is 11.9 Å². The molecule has 0 atom stereocenters. The summed E-state index contributed by atoms with van der Waals surface area (Å²) in [5.74, 6) is -14.0. The van der Waals surface area contributed by atoms with Gasteiger partial charge in [0, 0.05) is 6.92 Å². The number of halogens is 4. The molecule has 17 heavy (non-hydrogen) atoms. The maximum absolute atomic E-state index is 13.1. The smallest absolute Gasteiger partial charge is 0.308 e. The number of hydrogen-bond acceptors (Lipinski definition) is 4. The minimum Gasteiger partial charge on any atom is -0.545 e. The monoisotopic (exact) mass is 251 g/mol. The van der Waals surface area contributed by atoms with Crippen molar-refractivity contribution in [3.05, 3.63) is 28.8 Å². The molecule has 4 nitrogen and oxygen atoms in total. The maximum atomic E-state index is 13.1. The van der Waals surface area contributed by atoms with Crippen molar-refractivity contribution in [2.24, 2.45) is 0 Å². The average Bonchev–Trinajstić information content (AvgIpc) is 2.21. The van der Waals surface area contributed by atoms with Crippen molar-refractivity contribution < 1.29 is 37.0 Å². The number of ether oxygens (including phenoxy) is 1. The number of carboxylic acid groups (broad SMARTS) is 1. The fraction of sp³-hybridized carbons (Fsp3) is 0.111. The fourth-order valence-electron chi connectivity index (χ4n) is 1.02. The van der Waals surface area contributed by atoms with E-state index in [4.69, 9.17) is 0 Å². The zero-order valence-corrected chi connectivity index (χ0v) is 8.14. The molecule has 8 heteroatoms. The van der Waals surface area contributed by atoms with E-state index in [1.807, 2.05) is 0 Å². The van der Waals surface area contributed by atoms with Gasteiger partial charge in [-0.2, -0.15) is 8.78 Å². The lowest BCUT2D eigenvalue weighted by Crippen LogP contribution is -2.26. The average molecular weight is 251 g/mol. The van der Waals surface area contributed by atoms with Crippen LogP contribution >= 0.6 is 0 Å². The van der Waals surface area contributed by atoms with Gasteiger partial charge in [-0.25, -0.2) is 8.78 Å². The molecule has 0 bridgehead atoms. The standard InChI is InChI=1S/C9H4F4O4/c1-2(14)17-8-6(12)4(10)3(9(15)16)5(11)7(8)13/h1H3,(H,15,16)/p-1. The minimum atomic E-state index is -2.44. The molecule has 0 saturated carbocycles. The Morgan fingerprint density at radius 1 is 1.00 bits per heavy atom. The van der Waals surface area contributed by atoms with E-state index < -0.39 is 46.5 Å². The number of carboxylic acids is 1. The van der Waals surface area contributed by atoms with E-state index in [-0.39, 0.29) is 0 Å². The summed E-state index contributed by atoms with van der Waals surface area (Å²) in [7, 11) is 0. The predicted octanol–water partition coefficient (Wildman–Crippen LogP) is 0.532. The molecule has 0 fully saturated rings. The summed E-state index contributed by atoms with van der Waals surface area (Å²) in [5.41, 5.74) is -1.91. The van der Waals surface area contributed by atoms with Crippen molar-refractivity contribution in [3.63, 3.8) is 0 Å². The highest BCUT2D eigenvalue weighted by atomic mass is 19.2. The number of rotatable bonds is 2. The first-order valence-corrected chi connectivity index (χ1v) is 4.03. The Morgan fingerprint density at radius 3 is 1.71 bits per heavy atom. The Labute approximate surface area is 91.4 Å². The van der Waals surface area contributed by atoms with Crippen LogP contribution in [0.2, 0.25) is 0 Å². The normalized spacial score (nSPS) is 10.2. The van der Waals surface area contributed by atoms with Gasteiger partial charge in [-0.15, -0.1) is 0 Å². The van der Waals surface area contributed by atoms with Crippen LogP contribution in [0.5, 0.6) is 5.75 Å². The Hall–Kier alpha value is -2.12. The van der Waals surface area contributed by atoms with E-state index in [2.05, 4.69) is 4.74 Å². The van der Waals surface area contributed by atoms with Gasteiger partial charge in [0.15, 0.2) is 11.6 Å². The molecule has 0 aromatic heterocycles. The first-order valence-electron chi connectivity index (χ1n) is 4.03. The molecule has 0 spiro atoms. The highest BCUT2D eigenvalue weighted by molar-refractivity contribution is 5.87. The van der Waals surface area contributed by atoms with Gasteiger partial charge in [0.25, 0.3) is 0 Å². The molecule has 0 saturated heterocycles. The lowest BCUT2D eigenvalue weighted by Gasteiger charge is -2.11. The highest BCUT2D eigenvalue weighted by Crippen LogP contribution is 2.29. The van der Waals surface area contributed by atoms with Gasteiger partial charge in [-0.05, 0) is 0 Å². The Balaban J connectivity index is 3.58. The van der Waals surface area contributed by atoms with Crippen LogP contribution in [0.4, 0.5) is 17.6 Å². The van der Waals surface area contributed by atoms with Crippen LogP contribution in [0.1, 0.15) is 17.3 Å². The second kappa shape index (κ2) is 4.40. The second-order valence-corrected chi connectivity index (χ2v) is 2.84. The third kappa shape index (κ3) is 2.19. The van der Waals surface area contributed by atoms with Gasteiger partial charge in [0.2, 0.25) is 17.4 Å². The molecule has 1 rings (SSSR count). The lowest BCUT2D eigenvalue weighted by molar-refractivity contribution is -0.255. The largest absolute Gasteiger partial charge is 0.545 e. The van der Waals surface area contributed by atoms with E-state index in [9.17, 15) is 32.3 Å². The highest BCUT2D eigenvalue weighted by Gasteiger charge is 2.28. The van der Waals surface area contributed by atoms with Gasteiger partial charge in [-0.1, -0.05) is 0 Å². The first-order chi connectivity index (χ1) is 7.77. The van der Waals surface area contributed by atoms with Gasteiger partial charge in [0.05, 0.1) is 11.5 Å². The van der Waals surface area contributed by atoms with Crippen LogP contribution in [0.15, 0.2) is 0 Å². The van der Waals surface area contributed by atoms with Crippen molar-refractivity contribution in [2.45, 2.75) is 6.92 Å².